The standard InChI is InChI=1S/C34H36N4O4/c39-34(42-23-30-28-11-3-1-9-26(28)27-10-2-4-12-29(27)30)37-19-7-8-24(37)17-21-40-25-14-15-31(35-22-25)32-16-18-36-38(32)33-13-5-6-20-41-33/h1-4,9-12,14-16,18,22,24,30,33H,5-8,13,17,19-21,23H2/t24-,33?/m1/s1. The highest BCUT2D eigenvalue weighted by Gasteiger charge is 2.33. The summed E-state index contributed by atoms with van der Waals surface area (Å²) in [5.41, 5.74) is 6.70. The van der Waals surface area contributed by atoms with Crippen LogP contribution in [0.25, 0.3) is 22.5 Å². The molecule has 4 heterocycles. The lowest BCUT2D eigenvalue weighted by Gasteiger charge is -2.25. The van der Waals surface area contributed by atoms with E-state index in [9.17, 15) is 4.79 Å². The molecule has 0 N–H and O–H groups in total. The van der Waals surface area contributed by atoms with Crippen LogP contribution in [0, 0.1) is 0 Å². The molecule has 7 rings (SSSR count). The van der Waals surface area contributed by atoms with Crippen molar-refractivity contribution < 1.29 is 19.0 Å². The van der Waals surface area contributed by atoms with Crippen LogP contribution in [0.15, 0.2) is 79.1 Å². The summed E-state index contributed by atoms with van der Waals surface area (Å²) in [6.45, 7) is 2.34. The van der Waals surface area contributed by atoms with Crippen molar-refractivity contribution in [2.45, 2.75) is 56.7 Å². The fourth-order valence-electron chi connectivity index (χ4n) is 6.65. The molecule has 0 spiro atoms. The van der Waals surface area contributed by atoms with Gasteiger partial charge >= 0.3 is 6.09 Å². The number of hydrogen-bond acceptors (Lipinski definition) is 6. The fraction of sp³-hybridized carbons (Fsp3) is 0.382. The Kier molecular flexibility index (Phi) is 7.62. The SMILES string of the molecule is O=C(OCC1c2ccccc2-c2ccccc21)N1CCC[C@@H]1CCOc1ccc(-c2ccnn2C2CCCCO2)nc1. The minimum Gasteiger partial charge on any atom is -0.492 e. The van der Waals surface area contributed by atoms with E-state index in [1.54, 1.807) is 12.4 Å². The molecule has 2 aromatic carbocycles. The molecule has 2 saturated heterocycles. The molecule has 3 aliphatic rings. The lowest BCUT2D eigenvalue weighted by molar-refractivity contribution is -0.0384. The van der Waals surface area contributed by atoms with E-state index >= 15 is 0 Å². The first-order valence-electron chi connectivity index (χ1n) is 15.1. The van der Waals surface area contributed by atoms with Gasteiger partial charge in [-0.15, -0.1) is 0 Å². The molecule has 1 aliphatic carbocycles. The second kappa shape index (κ2) is 12.0. The molecule has 8 nitrogen and oxygen atoms in total. The number of hydrogen-bond donors (Lipinski definition) is 0. The van der Waals surface area contributed by atoms with Gasteiger partial charge in [-0.2, -0.15) is 5.10 Å². The lowest BCUT2D eigenvalue weighted by Crippen LogP contribution is -2.37. The topological polar surface area (TPSA) is 78.7 Å². The monoisotopic (exact) mass is 564 g/mol. The van der Waals surface area contributed by atoms with Crippen LogP contribution in [0.2, 0.25) is 0 Å². The number of benzene rings is 2. The quantitative estimate of drug-likeness (QED) is 0.234. The Bertz CT molecular complexity index is 1480. The maximum Gasteiger partial charge on any atom is 0.410 e. The number of ether oxygens (including phenoxy) is 3. The molecular formula is C34H36N4O4. The van der Waals surface area contributed by atoms with Gasteiger partial charge < -0.3 is 19.1 Å². The van der Waals surface area contributed by atoms with Crippen molar-refractivity contribution in [1.29, 1.82) is 0 Å². The molecule has 8 heteroatoms. The van der Waals surface area contributed by atoms with Crippen LogP contribution in [0.3, 0.4) is 0 Å². The lowest BCUT2D eigenvalue weighted by atomic mass is 9.98. The highest BCUT2D eigenvalue weighted by Crippen LogP contribution is 2.44. The number of pyridine rings is 1. The van der Waals surface area contributed by atoms with Gasteiger partial charge in [0.05, 0.1) is 24.2 Å². The zero-order valence-corrected chi connectivity index (χ0v) is 23.7. The molecular weight excluding hydrogens is 528 g/mol. The van der Waals surface area contributed by atoms with Crippen molar-refractivity contribution in [3.8, 4) is 28.3 Å². The number of rotatable bonds is 8. The average Bonchev–Trinajstić information content (AvgIpc) is 3.79. The Labute approximate surface area is 246 Å². The van der Waals surface area contributed by atoms with Gasteiger partial charge in [-0.3, -0.25) is 4.98 Å². The van der Waals surface area contributed by atoms with Gasteiger partial charge in [0.2, 0.25) is 0 Å². The van der Waals surface area contributed by atoms with Crippen molar-refractivity contribution in [3.05, 3.63) is 90.3 Å². The first kappa shape index (κ1) is 26.7. The molecule has 4 aromatic rings. The van der Waals surface area contributed by atoms with Crippen LogP contribution in [0.4, 0.5) is 4.79 Å². The van der Waals surface area contributed by atoms with Crippen LogP contribution in [0.5, 0.6) is 5.75 Å². The first-order valence-corrected chi connectivity index (χ1v) is 15.1. The fourth-order valence-corrected chi connectivity index (χ4v) is 6.65. The van der Waals surface area contributed by atoms with Gasteiger partial charge in [0.25, 0.3) is 0 Å². The van der Waals surface area contributed by atoms with E-state index in [1.165, 1.54) is 22.3 Å². The molecule has 2 aromatic heterocycles. The predicted octanol–water partition coefficient (Wildman–Crippen LogP) is 6.83. The highest BCUT2D eigenvalue weighted by molar-refractivity contribution is 5.79. The summed E-state index contributed by atoms with van der Waals surface area (Å²) < 4.78 is 19.8. The smallest absolute Gasteiger partial charge is 0.410 e. The summed E-state index contributed by atoms with van der Waals surface area (Å²) in [6, 6.07) is 22.8. The third-order valence-electron chi connectivity index (χ3n) is 8.77. The Morgan fingerprint density at radius 1 is 0.929 bits per heavy atom. The largest absolute Gasteiger partial charge is 0.492 e. The normalized spacial score (nSPS) is 19.9. The van der Waals surface area contributed by atoms with Gasteiger partial charge in [0, 0.05) is 37.7 Å². The van der Waals surface area contributed by atoms with E-state index in [0.717, 1.165) is 63.1 Å². The van der Waals surface area contributed by atoms with E-state index < -0.39 is 0 Å². The predicted molar refractivity (Wildman–Crippen MR) is 159 cm³/mol. The molecule has 42 heavy (non-hydrogen) atoms. The average molecular weight is 565 g/mol. The zero-order valence-electron chi connectivity index (χ0n) is 23.7. The number of aromatic nitrogens is 3. The van der Waals surface area contributed by atoms with Crippen molar-refractivity contribution in [3.63, 3.8) is 0 Å². The van der Waals surface area contributed by atoms with Crippen molar-refractivity contribution in [2.24, 2.45) is 0 Å². The van der Waals surface area contributed by atoms with E-state index in [2.05, 4.69) is 58.6 Å². The molecule has 0 bridgehead atoms. The Morgan fingerprint density at radius 3 is 2.48 bits per heavy atom. The Balaban J connectivity index is 0.926. The minimum absolute atomic E-state index is 0.0349. The second-order valence-corrected chi connectivity index (χ2v) is 11.3. The molecule has 0 saturated carbocycles. The van der Waals surface area contributed by atoms with Gasteiger partial charge in [0.1, 0.15) is 12.4 Å². The summed E-state index contributed by atoms with van der Waals surface area (Å²) in [4.78, 5) is 19.7. The summed E-state index contributed by atoms with van der Waals surface area (Å²) in [5.74, 6) is 0.777. The summed E-state index contributed by atoms with van der Waals surface area (Å²) in [7, 11) is 0. The van der Waals surface area contributed by atoms with Crippen LogP contribution in [-0.4, -0.2) is 58.2 Å². The summed E-state index contributed by atoms with van der Waals surface area (Å²) in [6.07, 6.45) is 9.17. The van der Waals surface area contributed by atoms with Crippen molar-refractivity contribution in [1.82, 2.24) is 19.7 Å². The molecule has 2 fully saturated rings. The van der Waals surface area contributed by atoms with Crippen LogP contribution < -0.4 is 4.74 Å². The number of nitrogens with zero attached hydrogens (tertiary/aromatic N) is 4. The third kappa shape index (κ3) is 5.27. The van der Waals surface area contributed by atoms with Gasteiger partial charge in [-0.1, -0.05) is 48.5 Å². The number of amides is 1. The maximum atomic E-state index is 13.2. The van der Waals surface area contributed by atoms with Gasteiger partial charge in [-0.05, 0) is 72.6 Å². The number of carbonyl (C=O) groups is 1. The van der Waals surface area contributed by atoms with Gasteiger partial charge in [0.15, 0.2) is 6.23 Å². The maximum absolute atomic E-state index is 13.2. The first-order chi connectivity index (χ1) is 20.8. The van der Waals surface area contributed by atoms with Gasteiger partial charge in [-0.25, -0.2) is 9.48 Å². The molecule has 2 aliphatic heterocycles. The van der Waals surface area contributed by atoms with Crippen molar-refractivity contribution >= 4 is 6.09 Å². The highest BCUT2D eigenvalue weighted by atomic mass is 16.6. The molecule has 1 unspecified atom stereocenters. The zero-order chi connectivity index (χ0) is 28.3. The summed E-state index contributed by atoms with van der Waals surface area (Å²) >= 11 is 0. The second-order valence-electron chi connectivity index (χ2n) is 11.3. The number of carbonyl (C=O) groups excluding carboxylic acids is 1. The van der Waals surface area contributed by atoms with E-state index in [-0.39, 0.29) is 24.3 Å². The van der Waals surface area contributed by atoms with Crippen molar-refractivity contribution in [2.75, 3.05) is 26.4 Å². The van der Waals surface area contributed by atoms with E-state index in [0.29, 0.717) is 19.0 Å². The van der Waals surface area contributed by atoms with Crippen LogP contribution in [0.1, 0.15) is 61.8 Å². The van der Waals surface area contributed by atoms with E-state index in [1.807, 2.05) is 27.8 Å². The van der Waals surface area contributed by atoms with Crippen LogP contribution >= 0.6 is 0 Å². The van der Waals surface area contributed by atoms with E-state index in [4.69, 9.17) is 14.2 Å². The summed E-state index contributed by atoms with van der Waals surface area (Å²) in [5, 5.41) is 4.49. The molecule has 0 radical (unpaired) electrons. The molecule has 1 amide bonds. The Hall–Kier alpha value is -4.17. The molecule has 2 atom stereocenters. The molecule has 216 valence electrons. The third-order valence-corrected chi connectivity index (χ3v) is 8.77. The number of fused-ring (bicyclic) bond motifs is 3. The Morgan fingerprint density at radius 2 is 1.74 bits per heavy atom. The van der Waals surface area contributed by atoms with Crippen LogP contribution in [-0.2, 0) is 9.47 Å². The number of likely N-dealkylation sites (tertiary alicyclic amines) is 1. The minimum atomic E-state index is -0.232.